The number of anilines is 1. The van der Waals surface area contributed by atoms with Crippen molar-refractivity contribution in [1.82, 2.24) is 0 Å². The van der Waals surface area contributed by atoms with E-state index in [9.17, 15) is 9.59 Å². The van der Waals surface area contributed by atoms with Crippen molar-refractivity contribution in [2.24, 2.45) is 0 Å². The van der Waals surface area contributed by atoms with Crippen molar-refractivity contribution < 1.29 is 9.59 Å². The van der Waals surface area contributed by atoms with Gasteiger partial charge in [0.05, 0.1) is 16.8 Å². The molecule has 3 aromatic carbocycles. The molecule has 1 heterocycles. The van der Waals surface area contributed by atoms with Crippen LogP contribution in [0.15, 0.2) is 65.1 Å². The van der Waals surface area contributed by atoms with Gasteiger partial charge in [0.2, 0.25) is 0 Å². The Kier molecular flexibility index (Phi) is 2.87. The minimum atomic E-state index is -0.280. The Hall–Kier alpha value is -2.46. The zero-order valence-electron chi connectivity index (χ0n) is 11.4. The van der Waals surface area contributed by atoms with Crippen molar-refractivity contribution in [3.05, 3.63) is 76.3 Å². The Labute approximate surface area is 135 Å². The lowest BCUT2D eigenvalue weighted by molar-refractivity contribution is 0.0926. The number of hydrogen-bond donors (Lipinski definition) is 0. The molecule has 3 nitrogen and oxygen atoms in total. The second-order valence-corrected chi connectivity index (χ2v) is 6.05. The van der Waals surface area contributed by atoms with Gasteiger partial charge in [0.1, 0.15) is 0 Å². The van der Waals surface area contributed by atoms with Gasteiger partial charge in [0.15, 0.2) is 0 Å². The molecule has 106 valence electrons. The summed E-state index contributed by atoms with van der Waals surface area (Å²) in [5, 5.41) is 1.89. The molecule has 0 atom stereocenters. The molecule has 1 aliphatic rings. The third-order valence-corrected chi connectivity index (χ3v) is 4.35. The highest BCUT2D eigenvalue weighted by molar-refractivity contribution is 9.10. The summed E-state index contributed by atoms with van der Waals surface area (Å²) in [6, 6.07) is 18.5. The van der Waals surface area contributed by atoms with Gasteiger partial charge in [-0.05, 0) is 29.7 Å². The van der Waals surface area contributed by atoms with E-state index in [4.69, 9.17) is 0 Å². The molecule has 3 aromatic rings. The van der Waals surface area contributed by atoms with Gasteiger partial charge in [0.25, 0.3) is 11.8 Å². The molecular formula is C18H10BrNO2. The minimum absolute atomic E-state index is 0.274. The summed E-state index contributed by atoms with van der Waals surface area (Å²) in [5.41, 5.74) is 1.51. The van der Waals surface area contributed by atoms with E-state index in [1.165, 1.54) is 4.90 Å². The Bertz CT molecular complexity index is 943. The average Bonchev–Trinajstić information content (AvgIpc) is 2.78. The van der Waals surface area contributed by atoms with E-state index in [1.54, 1.807) is 24.3 Å². The van der Waals surface area contributed by atoms with E-state index in [-0.39, 0.29) is 11.8 Å². The fourth-order valence-corrected chi connectivity index (χ4v) is 3.20. The molecule has 2 amide bonds. The summed E-state index contributed by atoms with van der Waals surface area (Å²) in [6.45, 7) is 0. The van der Waals surface area contributed by atoms with E-state index in [0.29, 0.717) is 16.8 Å². The molecule has 0 saturated heterocycles. The molecule has 4 heteroatoms. The number of rotatable bonds is 1. The van der Waals surface area contributed by atoms with Gasteiger partial charge in [-0.25, -0.2) is 4.90 Å². The highest BCUT2D eigenvalue weighted by Crippen LogP contribution is 2.34. The van der Waals surface area contributed by atoms with Crippen LogP contribution in [0.3, 0.4) is 0 Å². The molecule has 0 radical (unpaired) electrons. The van der Waals surface area contributed by atoms with E-state index in [0.717, 1.165) is 15.2 Å². The van der Waals surface area contributed by atoms with Gasteiger partial charge in [-0.3, -0.25) is 9.59 Å². The first-order chi connectivity index (χ1) is 10.7. The standard InChI is InChI=1S/C18H10BrNO2/c19-12-8-9-14-15(10-12)18(22)20(17(14)21)16-7-3-5-11-4-1-2-6-13(11)16/h1-10H. The third kappa shape index (κ3) is 1.81. The van der Waals surface area contributed by atoms with Crippen LogP contribution in [0.4, 0.5) is 5.69 Å². The van der Waals surface area contributed by atoms with Crippen LogP contribution in [0.5, 0.6) is 0 Å². The summed E-state index contributed by atoms with van der Waals surface area (Å²) in [7, 11) is 0. The predicted octanol–water partition coefficient (Wildman–Crippen LogP) is 4.40. The highest BCUT2D eigenvalue weighted by Gasteiger charge is 2.37. The van der Waals surface area contributed by atoms with Gasteiger partial charge in [-0.1, -0.05) is 52.3 Å². The van der Waals surface area contributed by atoms with Crippen molar-refractivity contribution in [1.29, 1.82) is 0 Å². The lowest BCUT2D eigenvalue weighted by Crippen LogP contribution is -2.29. The summed E-state index contributed by atoms with van der Waals surface area (Å²) < 4.78 is 0.784. The van der Waals surface area contributed by atoms with Crippen LogP contribution in [-0.4, -0.2) is 11.8 Å². The van der Waals surface area contributed by atoms with E-state index < -0.39 is 0 Å². The van der Waals surface area contributed by atoms with Crippen molar-refractivity contribution in [3.8, 4) is 0 Å². The number of carbonyl (C=O) groups excluding carboxylic acids is 2. The molecule has 0 aliphatic carbocycles. The predicted molar refractivity (Wildman–Crippen MR) is 89.2 cm³/mol. The maximum absolute atomic E-state index is 12.7. The summed E-state index contributed by atoms with van der Waals surface area (Å²) >= 11 is 3.35. The number of carbonyl (C=O) groups is 2. The van der Waals surface area contributed by atoms with Gasteiger partial charge in [-0.15, -0.1) is 0 Å². The highest BCUT2D eigenvalue weighted by atomic mass is 79.9. The zero-order chi connectivity index (χ0) is 15.3. The van der Waals surface area contributed by atoms with E-state index in [2.05, 4.69) is 15.9 Å². The van der Waals surface area contributed by atoms with Crippen LogP contribution < -0.4 is 4.90 Å². The van der Waals surface area contributed by atoms with Crippen LogP contribution in [-0.2, 0) is 0 Å². The Morgan fingerprint density at radius 2 is 1.50 bits per heavy atom. The van der Waals surface area contributed by atoms with Gasteiger partial charge in [0, 0.05) is 9.86 Å². The molecule has 0 bridgehead atoms. The van der Waals surface area contributed by atoms with Crippen molar-refractivity contribution in [3.63, 3.8) is 0 Å². The normalized spacial score (nSPS) is 13.8. The SMILES string of the molecule is O=C1c2ccc(Br)cc2C(=O)N1c1cccc2ccccc12. The first-order valence-electron chi connectivity index (χ1n) is 6.83. The maximum Gasteiger partial charge on any atom is 0.266 e. The van der Waals surface area contributed by atoms with E-state index in [1.807, 2.05) is 36.4 Å². The fourth-order valence-electron chi connectivity index (χ4n) is 2.84. The van der Waals surface area contributed by atoms with Gasteiger partial charge in [-0.2, -0.15) is 0 Å². The smallest absolute Gasteiger partial charge is 0.266 e. The monoisotopic (exact) mass is 351 g/mol. The van der Waals surface area contributed by atoms with Gasteiger partial charge < -0.3 is 0 Å². The quantitative estimate of drug-likeness (QED) is 0.609. The average molecular weight is 352 g/mol. The molecular weight excluding hydrogens is 342 g/mol. The second-order valence-electron chi connectivity index (χ2n) is 5.13. The molecule has 22 heavy (non-hydrogen) atoms. The summed E-state index contributed by atoms with van der Waals surface area (Å²) in [6.07, 6.45) is 0. The number of imide groups is 1. The van der Waals surface area contributed by atoms with Gasteiger partial charge >= 0.3 is 0 Å². The van der Waals surface area contributed by atoms with Crippen LogP contribution in [0.25, 0.3) is 10.8 Å². The molecule has 1 aliphatic heterocycles. The zero-order valence-corrected chi connectivity index (χ0v) is 13.0. The molecule has 0 aromatic heterocycles. The van der Waals surface area contributed by atoms with Crippen molar-refractivity contribution in [2.45, 2.75) is 0 Å². The number of halogens is 1. The molecule has 0 saturated carbocycles. The molecule has 4 rings (SSSR count). The number of nitrogens with zero attached hydrogens (tertiary/aromatic N) is 1. The van der Waals surface area contributed by atoms with E-state index >= 15 is 0 Å². The maximum atomic E-state index is 12.7. The molecule has 0 spiro atoms. The topological polar surface area (TPSA) is 37.4 Å². The number of benzene rings is 3. The minimum Gasteiger partial charge on any atom is -0.268 e. The lowest BCUT2D eigenvalue weighted by atomic mass is 10.1. The number of fused-ring (bicyclic) bond motifs is 2. The van der Waals surface area contributed by atoms with Crippen LogP contribution in [0.2, 0.25) is 0 Å². The third-order valence-electron chi connectivity index (χ3n) is 3.86. The number of hydrogen-bond acceptors (Lipinski definition) is 2. The van der Waals surface area contributed by atoms with Crippen molar-refractivity contribution >= 4 is 44.2 Å². The molecule has 0 N–H and O–H groups in total. The lowest BCUT2D eigenvalue weighted by Gasteiger charge is -2.16. The largest absolute Gasteiger partial charge is 0.268 e. The Morgan fingerprint density at radius 1 is 0.773 bits per heavy atom. The Balaban J connectivity index is 1.94. The van der Waals surface area contributed by atoms with Crippen molar-refractivity contribution in [2.75, 3.05) is 4.90 Å². The first-order valence-corrected chi connectivity index (χ1v) is 7.62. The second kappa shape index (κ2) is 4.78. The Morgan fingerprint density at radius 3 is 2.36 bits per heavy atom. The number of amides is 2. The summed E-state index contributed by atoms with van der Waals surface area (Å²) in [4.78, 5) is 26.6. The van der Waals surface area contributed by atoms with Crippen LogP contribution in [0, 0.1) is 0 Å². The molecule has 0 fully saturated rings. The first kappa shape index (κ1) is 13.2. The fraction of sp³-hybridized carbons (Fsp3) is 0. The van der Waals surface area contributed by atoms with Crippen LogP contribution in [0.1, 0.15) is 20.7 Å². The van der Waals surface area contributed by atoms with Crippen LogP contribution >= 0.6 is 15.9 Å². The molecule has 0 unspecified atom stereocenters. The summed E-state index contributed by atoms with van der Waals surface area (Å²) in [5.74, 6) is -0.554.